The van der Waals surface area contributed by atoms with Gasteiger partial charge in [0.2, 0.25) is 11.8 Å². The van der Waals surface area contributed by atoms with Gasteiger partial charge in [0.1, 0.15) is 18.8 Å². The molecule has 2 aliphatic rings. The normalized spacial score (nSPS) is 30.9. The van der Waals surface area contributed by atoms with Crippen LogP contribution in [0.2, 0.25) is 0 Å². The third-order valence-electron chi connectivity index (χ3n) is 6.01. The summed E-state index contributed by atoms with van der Waals surface area (Å²) in [4.78, 5) is 24.3. The van der Waals surface area contributed by atoms with Gasteiger partial charge in [0.15, 0.2) is 23.1 Å². The zero-order valence-electron chi connectivity index (χ0n) is 20.8. The van der Waals surface area contributed by atoms with Crippen LogP contribution in [0.1, 0.15) is 47.3 Å². The number of nitrogens with two attached hydrogens (primary N) is 1. The molecule has 0 aromatic carbocycles. The molecule has 13 nitrogen and oxygen atoms in total. The number of aromatic nitrogens is 4. The number of fused-ring (bicyclic) bond motifs is 2. The fraction of sp³-hybridized carbons (Fsp3) is 0.714. The molecule has 0 spiro atoms. The Morgan fingerprint density at radius 1 is 1.42 bits per heavy atom. The summed E-state index contributed by atoms with van der Waals surface area (Å²) in [5.74, 6) is -0.578. The van der Waals surface area contributed by atoms with E-state index in [1.807, 2.05) is 6.92 Å². The van der Waals surface area contributed by atoms with Crippen LogP contribution in [-0.2, 0) is 27.9 Å². The van der Waals surface area contributed by atoms with Crippen LogP contribution in [0, 0.1) is 5.92 Å². The van der Waals surface area contributed by atoms with Gasteiger partial charge in [0.25, 0.3) is 0 Å². The zero-order valence-corrected chi connectivity index (χ0v) is 21.7. The molecular formula is C21H32FN6O7P. The monoisotopic (exact) mass is 530 g/mol. The molecule has 2 aliphatic heterocycles. The number of carbonyl (C=O) groups is 1. The van der Waals surface area contributed by atoms with Crippen molar-refractivity contribution in [2.45, 2.75) is 71.2 Å². The highest BCUT2D eigenvalue weighted by Crippen LogP contribution is 2.57. The molecule has 0 unspecified atom stereocenters. The number of carbonyl (C=O) groups excluding carboxylic acids is 1. The number of nitrogens with zero attached hydrogens (tertiary/aromatic N) is 4. The van der Waals surface area contributed by atoms with Crippen LogP contribution in [0.3, 0.4) is 0 Å². The van der Waals surface area contributed by atoms with Crippen molar-refractivity contribution in [2.24, 2.45) is 5.92 Å². The van der Waals surface area contributed by atoms with Gasteiger partial charge in [-0.1, -0.05) is 20.8 Å². The average molecular weight is 530 g/mol. The number of hydrogen-bond donors (Lipinski definition) is 2. The number of nitrogens with one attached hydrogen (secondary N) is 1. The van der Waals surface area contributed by atoms with Gasteiger partial charge in [0, 0.05) is 0 Å². The van der Waals surface area contributed by atoms with Crippen LogP contribution in [0.25, 0.3) is 11.2 Å². The lowest BCUT2D eigenvalue weighted by Crippen LogP contribution is -2.47. The first kappa shape index (κ1) is 26.7. The van der Waals surface area contributed by atoms with E-state index in [9.17, 15) is 9.36 Å². The first-order chi connectivity index (χ1) is 17.0. The van der Waals surface area contributed by atoms with Crippen LogP contribution < -0.4 is 15.6 Å². The van der Waals surface area contributed by atoms with Gasteiger partial charge in [-0.05, 0) is 20.3 Å². The molecule has 4 rings (SSSR count). The standard InChI is InChI=1S/C21H32FN6O7P/c1-6-12(8-32-18(29)11(3)4)27-36(30)33-9-13-15(35-36)21(5,22)19(34-13)28-10-24-14-16(28)25-20(23)26-17(14)31-7-2/h10-13,15,19H,6-9H2,1-5H3,(H,27,30)(H2,23,25,26)/t12-,13+,15+,19+,21+,36-/m0/s1. The summed E-state index contributed by atoms with van der Waals surface area (Å²) in [6.45, 7) is 8.44. The smallest absolute Gasteiger partial charge is 0.406 e. The maximum Gasteiger partial charge on any atom is 0.406 e. The molecule has 0 saturated carbocycles. The number of imidazole rings is 1. The number of hydrogen-bond acceptors (Lipinski definition) is 11. The fourth-order valence-corrected chi connectivity index (χ4v) is 5.95. The van der Waals surface area contributed by atoms with Crippen LogP contribution in [0.4, 0.5) is 10.3 Å². The molecule has 0 aliphatic carbocycles. The van der Waals surface area contributed by atoms with E-state index in [1.165, 1.54) is 17.8 Å². The Kier molecular flexibility index (Phi) is 7.54. The van der Waals surface area contributed by atoms with Crippen molar-refractivity contribution < 1.29 is 37.0 Å². The number of nitrogen functional groups attached to an aromatic ring is 1. The minimum atomic E-state index is -3.95. The highest BCUT2D eigenvalue weighted by molar-refractivity contribution is 7.51. The number of alkyl halides is 1. The molecule has 2 aromatic heterocycles. The predicted molar refractivity (Wildman–Crippen MR) is 126 cm³/mol. The Hall–Kier alpha value is -2.38. The molecule has 4 heterocycles. The Morgan fingerprint density at radius 3 is 2.83 bits per heavy atom. The molecule has 6 atom stereocenters. The second-order valence-electron chi connectivity index (χ2n) is 9.16. The SMILES string of the molecule is CCOc1nc(N)nc2c1ncn2[C@@H]1O[C@@H]2CO[P@@](=O)(N[C@@H](CC)COC(=O)C(C)C)O[C@H]2[C@@]1(C)F. The van der Waals surface area contributed by atoms with E-state index in [0.717, 1.165) is 0 Å². The predicted octanol–water partition coefficient (Wildman–Crippen LogP) is 2.52. The highest BCUT2D eigenvalue weighted by Gasteiger charge is 2.61. The summed E-state index contributed by atoms with van der Waals surface area (Å²) in [5, 5.41) is 2.77. The summed E-state index contributed by atoms with van der Waals surface area (Å²) in [7, 11) is -3.95. The Labute approximate surface area is 207 Å². The van der Waals surface area contributed by atoms with Gasteiger partial charge < -0.3 is 19.9 Å². The lowest BCUT2D eigenvalue weighted by molar-refractivity contribution is -0.148. The molecular weight excluding hydrogens is 498 g/mol. The van der Waals surface area contributed by atoms with E-state index in [1.54, 1.807) is 20.8 Å². The Morgan fingerprint density at radius 2 is 2.17 bits per heavy atom. The quantitative estimate of drug-likeness (QED) is 0.360. The summed E-state index contributed by atoms with van der Waals surface area (Å²) >= 11 is 0. The van der Waals surface area contributed by atoms with E-state index in [2.05, 4.69) is 20.0 Å². The lowest BCUT2D eigenvalue weighted by atomic mass is 9.98. The summed E-state index contributed by atoms with van der Waals surface area (Å²) < 4.78 is 58.9. The molecule has 36 heavy (non-hydrogen) atoms. The van der Waals surface area contributed by atoms with Gasteiger partial charge in [-0.15, -0.1) is 0 Å². The third kappa shape index (κ3) is 5.05. The maximum absolute atomic E-state index is 16.3. The van der Waals surface area contributed by atoms with Gasteiger partial charge in [0.05, 0.1) is 31.5 Å². The molecule has 3 N–H and O–H groups in total. The van der Waals surface area contributed by atoms with Crippen molar-refractivity contribution in [2.75, 3.05) is 25.6 Å². The van der Waals surface area contributed by atoms with E-state index in [4.69, 9.17) is 29.0 Å². The molecule has 2 fully saturated rings. The summed E-state index contributed by atoms with van der Waals surface area (Å²) in [6, 6.07) is -0.520. The number of anilines is 1. The van der Waals surface area contributed by atoms with Crippen molar-refractivity contribution >= 4 is 30.8 Å². The third-order valence-corrected chi connectivity index (χ3v) is 7.69. The van der Waals surface area contributed by atoms with E-state index in [0.29, 0.717) is 18.5 Å². The van der Waals surface area contributed by atoms with Crippen LogP contribution in [0.15, 0.2) is 6.33 Å². The lowest BCUT2D eigenvalue weighted by Gasteiger charge is -2.35. The first-order valence-electron chi connectivity index (χ1n) is 11.8. The number of ether oxygens (including phenoxy) is 3. The largest absolute Gasteiger partial charge is 0.476 e. The second kappa shape index (κ2) is 10.2. The number of rotatable bonds is 9. The first-order valence-corrected chi connectivity index (χ1v) is 13.4. The van der Waals surface area contributed by atoms with Crippen LogP contribution in [0.5, 0.6) is 5.88 Å². The van der Waals surface area contributed by atoms with Crippen molar-refractivity contribution in [1.29, 1.82) is 0 Å². The minimum absolute atomic E-state index is 0.0331. The number of esters is 1. The van der Waals surface area contributed by atoms with Crippen molar-refractivity contribution in [3.63, 3.8) is 0 Å². The molecule has 2 saturated heterocycles. The Balaban J connectivity index is 1.54. The van der Waals surface area contributed by atoms with Gasteiger partial charge in [-0.3, -0.25) is 18.4 Å². The molecule has 0 amide bonds. The molecule has 2 aromatic rings. The van der Waals surface area contributed by atoms with Gasteiger partial charge in [-0.2, -0.15) is 9.97 Å². The maximum atomic E-state index is 16.3. The fourth-order valence-electron chi connectivity index (χ4n) is 4.06. The van der Waals surface area contributed by atoms with E-state index in [-0.39, 0.29) is 42.6 Å². The highest BCUT2D eigenvalue weighted by atomic mass is 31.2. The average Bonchev–Trinajstić information content (AvgIpc) is 3.34. The number of halogens is 1. The van der Waals surface area contributed by atoms with Crippen LogP contribution in [-0.4, -0.2) is 69.2 Å². The minimum Gasteiger partial charge on any atom is -0.476 e. The van der Waals surface area contributed by atoms with Gasteiger partial charge in [-0.25, -0.2) is 19.0 Å². The van der Waals surface area contributed by atoms with Crippen molar-refractivity contribution in [3.8, 4) is 5.88 Å². The van der Waals surface area contributed by atoms with Gasteiger partial charge >= 0.3 is 13.7 Å². The molecule has 0 radical (unpaired) electrons. The summed E-state index contributed by atoms with van der Waals surface area (Å²) in [5.41, 5.74) is 4.18. The second-order valence-corrected chi connectivity index (χ2v) is 10.9. The molecule has 15 heteroatoms. The van der Waals surface area contributed by atoms with Crippen molar-refractivity contribution in [1.82, 2.24) is 24.6 Å². The molecule has 200 valence electrons. The Bertz CT molecular complexity index is 1160. The zero-order chi connectivity index (χ0) is 26.3. The topological polar surface area (TPSA) is 162 Å². The van der Waals surface area contributed by atoms with Crippen molar-refractivity contribution in [3.05, 3.63) is 6.33 Å². The summed E-state index contributed by atoms with van der Waals surface area (Å²) in [6.07, 6.45) is -1.49. The van der Waals surface area contributed by atoms with E-state index >= 15 is 4.39 Å². The van der Waals surface area contributed by atoms with Crippen LogP contribution >= 0.6 is 7.75 Å². The van der Waals surface area contributed by atoms with E-state index < -0.39 is 37.9 Å². The molecule has 0 bridgehead atoms.